The monoisotopic (exact) mass is 291 g/mol. The molecule has 0 bridgehead atoms. The molecule has 0 saturated heterocycles. The Hall–Kier alpha value is -0.170. The first kappa shape index (κ1) is 16.9. The lowest BCUT2D eigenvalue weighted by molar-refractivity contribution is 0.388. The fraction of sp³-hybridized carbons (Fsp3) is 1.00. The van der Waals surface area contributed by atoms with Crippen LogP contribution in [0, 0.1) is 0 Å². The Labute approximate surface area is 118 Å². The first-order valence-electron chi connectivity index (χ1n) is 7.35. The summed E-state index contributed by atoms with van der Waals surface area (Å²) in [5.41, 5.74) is -0.243. The highest BCUT2D eigenvalue weighted by atomic mass is 32.2. The summed E-state index contributed by atoms with van der Waals surface area (Å²) >= 11 is 0. The number of hydrogen-bond donors (Lipinski definition) is 2. The van der Waals surface area contributed by atoms with Gasteiger partial charge in [-0.05, 0) is 45.7 Å². The molecule has 0 aromatic rings. The van der Waals surface area contributed by atoms with Crippen molar-refractivity contribution < 1.29 is 8.42 Å². The van der Waals surface area contributed by atoms with Gasteiger partial charge in [-0.2, -0.15) is 17.4 Å². The molecule has 6 heteroatoms. The van der Waals surface area contributed by atoms with Crippen LogP contribution in [0.5, 0.6) is 0 Å². The zero-order chi connectivity index (χ0) is 14.4. The van der Waals surface area contributed by atoms with Crippen LogP contribution in [0.25, 0.3) is 0 Å². The van der Waals surface area contributed by atoms with Crippen LogP contribution in [0.1, 0.15) is 52.4 Å². The summed E-state index contributed by atoms with van der Waals surface area (Å²) in [5.74, 6) is 0. The Kier molecular flexibility index (Phi) is 6.73. The molecule has 0 aromatic carbocycles. The van der Waals surface area contributed by atoms with Crippen molar-refractivity contribution in [3.63, 3.8) is 0 Å². The van der Waals surface area contributed by atoms with Crippen LogP contribution in [0.3, 0.4) is 0 Å². The lowest BCUT2D eigenvalue weighted by Crippen LogP contribution is -2.49. The van der Waals surface area contributed by atoms with Crippen LogP contribution >= 0.6 is 0 Å². The zero-order valence-corrected chi connectivity index (χ0v) is 13.4. The summed E-state index contributed by atoms with van der Waals surface area (Å²) in [4.78, 5) is 0. The maximum Gasteiger partial charge on any atom is 0.279 e. The Bertz CT molecular complexity index is 351. The Morgan fingerprint density at radius 2 is 1.84 bits per heavy atom. The van der Waals surface area contributed by atoms with Gasteiger partial charge in [0.15, 0.2) is 0 Å². The Morgan fingerprint density at radius 3 is 2.42 bits per heavy atom. The molecular formula is C13H29N3O2S. The largest absolute Gasteiger partial charge is 0.317 e. The second-order valence-electron chi connectivity index (χ2n) is 5.80. The number of rotatable bonds is 9. The van der Waals surface area contributed by atoms with Crippen molar-refractivity contribution in [3.05, 3.63) is 0 Å². The molecule has 0 aromatic heterocycles. The zero-order valence-electron chi connectivity index (χ0n) is 12.5. The van der Waals surface area contributed by atoms with Crippen LogP contribution in [0.15, 0.2) is 0 Å². The van der Waals surface area contributed by atoms with Crippen molar-refractivity contribution >= 4 is 10.2 Å². The highest BCUT2D eigenvalue weighted by Gasteiger charge is 2.34. The summed E-state index contributed by atoms with van der Waals surface area (Å²) in [6.45, 7) is 6.55. The molecule has 114 valence electrons. The van der Waals surface area contributed by atoms with Gasteiger partial charge in [0.25, 0.3) is 10.2 Å². The molecule has 1 aliphatic rings. The van der Waals surface area contributed by atoms with Gasteiger partial charge in [0, 0.05) is 19.1 Å². The lowest BCUT2D eigenvalue weighted by Gasteiger charge is -2.28. The van der Waals surface area contributed by atoms with E-state index >= 15 is 0 Å². The van der Waals surface area contributed by atoms with Gasteiger partial charge in [-0.25, -0.2) is 0 Å². The van der Waals surface area contributed by atoms with E-state index in [-0.39, 0.29) is 5.54 Å². The Morgan fingerprint density at radius 1 is 1.21 bits per heavy atom. The second kappa shape index (κ2) is 7.57. The molecule has 0 radical (unpaired) electrons. The third-order valence-corrected chi connectivity index (χ3v) is 5.50. The molecule has 0 heterocycles. The summed E-state index contributed by atoms with van der Waals surface area (Å²) in [6, 6.07) is 0. The molecule has 0 aliphatic heterocycles. The van der Waals surface area contributed by atoms with Gasteiger partial charge in [-0.3, -0.25) is 0 Å². The molecule has 19 heavy (non-hydrogen) atoms. The van der Waals surface area contributed by atoms with Crippen molar-refractivity contribution in [1.29, 1.82) is 0 Å². The van der Waals surface area contributed by atoms with Crippen LogP contribution in [0.4, 0.5) is 0 Å². The first-order chi connectivity index (χ1) is 8.90. The Balaban J connectivity index is 2.34. The first-order valence-corrected chi connectivity index (χ1v) is 8.79. The van der Waals surface area contributed by atoms with E-state index in [1.165, 1.54) is 4.31 Å². The van der Waals surface area contributed by atoms with Gasteiger partial charge >= 0.3 is 0 Å². The number of nitrogens with one attached hydrogen (secondary N) is 2. The van der Waals surface area contributed by atoms with Gasteiger partial charge in [0.1, 0.15) is 0 Å². The van der Waals surface area contributed by atoms with Gasteiger partial charge in [-0.15, -0.1) is 0 Å². The summed E-state index contributed by atoms with van der Waals surface area (Å²) in [7, 11) is -1.69. The third kappa shape index (κ3) is 5.77. The highest BCUT2D eigenvalue weighted by molar-refractivity contribution is 7.87. The van der Waals surface area contributed by atoms with Crippen molar-refractivity contribution in [2.75, 3.05) is 26.7 Å². The molecule has 0 unspecified atom stereocenters. The third-order valence-electron chi connectivity index (χ3n) is 3.75. The highest BCUT2D eigenvalue weighted by Crippen LogP contribution is 2.29. The summed E-state index contributed by atoms with van der Waals surface area (Å²) in [6.07, 6.45) is 6.06. The molecule has 0 spiro atoms. The predicted molar refractivity (Wildman–Crippen MR) is 79.3 cm³/mol. The van der Waals surface area contributed by atoms with E-state index in [0.29, 0.717) is 6.54 Å². The van der Waals surface area contributed by atoms with Crippen molar-refractivity contribution in [2.24, 2.45) is 0 Å². The van der Waals surface area contributed by atoms with Gasteiger partial charge < -0.3 is 5.32 Å². The standard InChI is InChI=1S/C13H29N3O2S/c1-4-10-14-11-7-12-16(3)19(17,18)15-13(2)8-5-6-9-13/h14-15H,4-12H2,1-3H3. The molecule has 1 saturated carbocycles. The molecule has 5 nitrogen and oxygen atoms in total. The smallest absolute Gasteiger partial charge is 0.279 e. The van der Waals surface area contributed by atoms with Gasteiger partial charge in [0.05, 0.1) is 0 Å². The van der Waals surface area contributed by atoms with Crippen molar-refractivity contribution in [3.8, 4) is 0 Å². The molecule has 1 aliphatic carbocycles. The van der Waals surface area contributed by atoms with E-state index in [1.807, 2.05) is 6.92 Å². The average molecular weight is 291 g/mol. The molecule has 1 rings (SSSR count). The van der Waals surface area contributed by atoms with E-state index < -0.39 is 10.2 Å². The minimum atomic E-state index is -3.34. The summed E-state index contributed by atoms with van der Waals surface area (Å²) in [5, 5.41) is 3.28. The molecular weight excluding hydrogens is 262 g/mol. The number of nitrogens with zero attached hydrogens (tertiary/aromatic N) is 1. The maximum absolute atomic E-state index is 12.2. The van der Waals surface area contributed by atoms with Crippen LogP contribution < -0.4 is 10.0 Å². The van der Waals surface area contributed by atoms with Crippen LogP contribution in [-0.2, 0) is 10.2 Å². The SMILES string of the molecule is CCCNCCCN(C)S(=O)(=O)NC1(C)CCCC1. The van der Waals surface area contributed by atoms with Crippen LogP contribution in [-0.4, -0.2) is 44.9 Å². The van der Waals surface area contributed by atoms with Crippen molar-refractivity contribution in [2.45, 2.75) is 57.9 Å². The van der Waals surface area contributed by atoms with E-state index in [0.717, 1.165) is 51.6 Å². The van der Waals surface area contributed by atoms with Crippen LogP contribution in [0.2, 0.25) is 0 Å². The predicted octanol–water partition coefficient (Wildman–Crippen LogP) is 1.47. The van der Waals surface area contributed by atoms with E-state index in [1.54, 1.807) is 7.05 Å². The fourth-order valence-corrected chi connectivity index (χ4v) is 3.85. The quantitative estimate of drug-likeness (QED) is 0.633. The maximum atomic E-state index is 12.2. The van der Waals surface area contributed by atoms with Gasteiger partial charge in [0.2, 0.25) is 0 Å². The number of hydrogen-bond acceptors (Lipinski definition) is 3. The van der Waals surface area contributed by atoms with E-state index in [4.69, 9.17) is 0 Å². The minimum Gasteiger partial charge on any atom is -0.317 e. The minimum absolute atomic E-state index is 0.243. The second-order valence-corrected chi connectivity index (χ2v) is 7.58. The normalized spacial score (nSPS) is 19.2. The fourth-order valence-electron chi connectivity index (χ4n) is 2.50. The van der Waals surface area contributed by atoms with E-state index in [2.05, 4.69) is 17.0 Å². The molecule has 0 atom stereocenters. The average Bonchev–Trinajstić information content (AvgIpc) is 2.74. The topological polar surface area (TPSA) is 61.4 Å². The summed E-state index contributed by atoms with van der Waals surface area (Å²) < 4.78 is 28.7. The van der Waals surface area contributed by atoms with Crippen molar-refractivity contribution in [1.82, 2.24) is 14.3 Å². The van der Waals surface area contributed by atoms with E-state index in [9.17, 15) is 8.42 Å². The molecule has 1 fully saturated rings. The lowest BCUT2D eigenvalue weighted by atomic mass is 10.0. The molecule has 0 amide bonds. The molecule has 2 N–H and O–H groups in total. The van der Waals surface area contributed by atoms with Gasteiger partial charge in [-0.1, -0.05) is 19.8 Å².